The molecular weight excluding hydrogens is 396 g/mol. The number of para-hydroxylation sites is 1. The Labute approximate surface area is 180 Å². The first-order valence-corrected chi connectivity index (χ1v) is 9.95. The van der Waals surface area contributed by atoms with Gasteiger partial charge < -0.3 is 25.2 Å². The summed E-state index contributed by atoms with van der Waals surface area (Å²) in [6.45, 7) is 3.59. The molecule has 1 aromatic heterocycles. The van der Waals surface area contributed by atoms with E-state index in [2.05, 4.69) is 15.1 Å². The van der Waals surface area contributed by atoms with Gasteiger partial charge in [-0.3, -0.25) is 0 Å². The van der Waals surface area contributed by atoms with Gasteiger partial charge in [-0.1, -0.05) is 24.3 Å². The first kappa shape index (κ1) is 20.6. The van der Waals surface area contributed by atoms with Crippen molar-refractivity contribution in [3.63, 3.8) is 0 Å². The van der Waals surface area contributed by atoms with Crippen LogP contribution in [0.5, 0.6) is 5.75 Å². The number of hydrogen-bond acceptors (Lipinski definition) is 8. The Bertz CT molecular complexity index is 1120. The predicted molar refractivity (Wildman–Crippen MR) is 117 cm³/mol. The first-order chi connectivity index (χ1) is 15.0. The van der Waals surface area contributed by atoms with Crippen molar-refractivity contribution >= 4 is 17.5 Å². The summed E-state index contributed by atoms with van der Waals surface area (Å²) in [7, 11) is 1.37. The lowest BCUT2D eigenvalue weighted by Crippen LogP contribution is -2.39. The number of anilines is 2. The van der Waals surface area contributed by atoms with E-state index in [1.165, 1.54) is 7.11 Å². The second-order valence-corrected chi connectivity index (χ2v) is 7.39. The van der Waals surface area contributed by atoms with Crippen molar-refractivity contribution in [3.05, 3.63) is 65.2 Å². The molecular formula is C23H24N4O4. The van der Waals surface area contributed by atoms with E-state index in [1.807, 2.05) is 31.2 Å². The van der Waals surface area contributed by atoms with Crippen molar-refractivity contribution in [2.75, 3.05) is 37.4 Å². The molecule has 2 heterocycles. The van der Waals surface area contributed by atoms with Crippen LogP contribution in [0.2, 0.25) is 0 Å². The van der Waals surface area contributed by atoms with E-state index in [1.54, 1.807) is 24.3 Å². The summed E-state index contributed by atoms with van der Waals surface area (Å²) in [5, 5.41) is 18.4. The molecule has 4 rings (SSSR count). The smallest absolute Gasteiger partial charge is 0.338 e. The molecule has 2 aromatic carbocycles. The van der Waals surface area contributed by atoms with E-state index >= 15 is 0 Å². The highest BCUT2D eigenvalue weighted by Gasteiger charge is 2.25. The van der Waals surface area contributed by atoms with Gasteiger partial charge in [0, 0.05) is 18.7 Å². The number of benzene rings is 2. The Balaban J connectivity index is 1.61. The number of carbonyl (C=O) groups excluding carboxylic acids is 1. The van der Waals surface area contributed by atoms with Gasteiger partial charge in [0.1, 0.15) is 11.9 Å². The Hall–Kier alpha value is -3.65. The lowest BCUT2D eigenvalue weighted by Gasteiger charge is -2.35. The summed E-state index contributed by atoms with van der Waals surface area (Å²) in [6, 6.07) is 14.4. The number of aromatic nitrogens is 2. The second-order valence-electron chi connectivity index (χ2n) is 7.39. The summed E-state index contributed by atoms with van der Waals surface area (Å²) in [4.78, 5) is 14.0. The van der Waals surface area contributed by atoms with Gasteiger partial charge in [-0.15, -0.1) is 10.2 Å². The molecule has 160 valence electrons. The van der Waals surface area contributed by atoms with E-state index in [9.17, 15) is 9.90 Å². The van der Waals surface area contributed by atoms with Crippen LogP contribution in [0.4, 0.5) is 11.5 Å². The number of hydrogen-bond donors (Lipinski definition) is 2. The van der Waals surface area contributed by atoms with Crippen molar-refractivity contribution in [3.8, 4) is 17.0 Å². The van der Waals surface area contributed by atoms with Gasteiger partial charge in [0.15, 0.2) is 5.82 Å². The van der Waals surface area contributed by atoms with Gasteiger partial charge in [-0.2, -0.15) is 0 Å². The molecule has 1 atom stereocenters. The molecule has 1 aliphatic heterocycles. The molecule has 3 N–H and O–H groups in total. The van der Waals surface area contributed by atoms with Crippen molar-refractivity contribution in [2.24, 2.45) is 0 Å². The quantitative estimate of drug-likeness (QED) is 0.620. The number of nitrogen functional groups attached to an aromatic ring is 1. The average Bonchev–Trinajstić information content (AvgIpc) is 2.79. The fourth-order valence-electron chi connectivity index (χ4n) is 3.76. The van der Waals surface area contributed by atoms with Crippen molar-refractivity contribution < 1.29 is 19.4 Å². The number of esters is 1. The number of aromatic hydroxyl groups is 1. The molecule has 0 aliphatic carbocycles. The Morgan fingerprint density at radius 3 is 2.77 bits per heavy atom. The van der Waals surface area contributed by atoms with E-state index in [0.29, 0.717) is 42.3 Å². The number of carbonyl (C=O) groups is 1. The average molecular weight is 420 g/mol. The van der Waals surface area contributed by atoms with Gasteiger partial charge in [0.2, 0.25) is 0 Å². The SMILES string of the molecule is COC(=O)c1ccc([C@@H]2CN(c3cc(-c4ccccc4O)nnc3N)CCO2)cc1C. The number of methoxy groups -OCH3 is 1. The highest BCUT2D eigenvalue weighted by molar-refractivity contribution is 5.91. The third kappa shape index (κ3) is 4.15. The standard InChI is InChI=1S/C23H24N4O4/c1-14-11-15(7-8-16(14)23(29)30-2)21-13-27(9-10-31-21)19-12-18(25-26-22(19)24)17-5-3-4-6-20(17)28/h3-8,11-12,21,28H,9-10,13H2,1-2H3,(H2,24,26)/t21-/m0/s1. The Kier molecular flexibility index (Phi) is 5.73. The summed E-state index contributed by atoms with van der Waals surface area (Å²) < 4.78 is 10.8. The lowest BCUT2D eigenvalue weighted by molar-refractivity contribution is 0.0397. The van der Waals surface area contributed by atoms with Crippen molar-refractivity contribution in [1.29, 1.82) is 0 Å². The molecule has 8 nitrogen and oxygen atoms in total. The van der Waals surface area contributed by atoms with E-state index < -0.39 is 0 Å². The molecule has 1 saturated heterocycles. The minimum absolute atomic E-state index is 0.133. The normalized spacial score (nSPS) is 16.2. The molecule has 0 unspecified atom stereocenters. The number of morpholine rings is 1. The van der Waals surface area contributed by atoms with E-state index in [-0.39, 0.29) is 17.8 Å². The summed E-state index contributed by atoms with van der Waals surface area (Å²) in [5.41, 5.74) is 10.4. The Morgan fingerprint density at radius 1 is 1.23 bits per heavy atom. The van der Waals surface area contributed by atoms with Gasteiger partial charge in [0.25, 0.3) is 0 Å². The first-order valence-electron chi connectivity index (χ1n) is 9.95. The van der Waals surface area contributed by atoms with Gasteiger partial charge in [0.05, 0.1) is 30.7 Å². The Morgan fingerprint density at radius 2 is 2.03 bits per heavy atom. The van der Waals surface area contributed by atoms with E-state index in [4.69, 9.17) is 15.2 Å². The minimum atomic E-state index is -0.359. The fourth-order valence-corrected chi connectivity index (χ4v) is 3.76. The summed E-state index contributed by atoms with van der Waals surface area (Å²) in [5.74, 6) is 0.0909. The maximum atomic E-state index is 11.9. The highest BCUT2D eigenvalue weighted by Crippen LogP contribution is 2.34. The van der Waals surface area contributed by atoms with E-state index in [0.717, 1.165) is 16.8 Å². The number of nitrogens with two attached hydrogens (primary N) is 1. The molecule has 0 radical (unpaired) electrons. The van der Waals surface area contributed by atoms with Crippen LogP contribution < -0.4 is 10.6 Å². The lowest BCUT2D eigenvalue weighted by atomic mass is 10.0. The number of phenols is 1. The molecule has 0 spiro atoms. The number of ether oxygens (including phenoxy) is 2. The third-order valence-corrected chi connectivity index (χ3v) is 5.42. The molecule has 0 amide bonds. The number of rotatable bonds is 4. The number of phenolic OH excluding ortho intramolecular Hbond substituents is 1. The van der Waals surface area contributed by atoms with Crippen LogP contribution in [0.3, 0.4) is 0 Å². The number of aryl methyl sites for hydroxylation is 1. The van der Waals surface area contributed by atoms with Gasteiger partial charge in [-0.05, 0) is 42.3 Å². The molecule has 3 aromatic rings. The third-order valence-electron chi connectivity index (χ3n) is 5.42. The summed E-state index contributed by atoms with van der Waals surface area (Å²) >= 11 is 0. The van der Waals surface area contributed by atoms with Crippen LogP contribution in [-0.2, 0) is 9.47 Å². The molecule has 31 heavy (non-hydrogen) atoms. The van der Waals surface area contributed by atoms with Crippen molar-refractivity contribution in [2.45, 2.75) is 13.0 Å². The predicted octanol–water partition coefficient (Wildman–Crippen LogP) is 3.10. The van der Waals surface area contributed by atoms with Crippen LogP contribution in [-0.4, -0.2) is 48.1 Å². The van der Waals surface area contributed by atoms with Crippen LogP contribution >= 0.6 is 0 Å². The maximum Gasteiger partial charge on any atom is 0.338 e. The van der Waals surface area contributed by atoms with Gasteiger partial charge in [-0.25, -0.2) is 4.79 Å². The zero-order valence-corrected chi connectivity index (χ0v) is 17.4. The fraction of sp³-hybridized carbons (Fsp3) is 0.261. The van der Waals surface area contributed by atoms with Gasteiger partial charge >= 0.3 is 5.97 Å². The zero-order valence-electron chi connectivity index (χ0n) is 17.4. The molecule has 1 fully saturated rings. The molecule has 1 aliphatic rings. The number of nitrogens with zero attached hydrogens (tertiary/aromatic N) is 3. The second kappa shape index (κ2) is 8.61. The molecule has 8 heteroatoms. The van der Waals surface area contributed by atoms with Crippen LogP contribution in [0.1, 0.15) is 27.6 Å². The summed E-state index contributed by atoms with van der Waals surface area (Å²) in [6.07, 6.45) is -0.194. The molecule has 0 saturated carbocycles. The highest BCUT2D eigenvalue weighted by atomic mass is 16.5. The van der Waals surface area contributed by atoms with Crippen molar-refractivity contribution in [1.82, 2.24) is 10.2 Å². The minimum Gasteiger partial charge on any atom is -0.507 e. The molecule has 0 bridgehead atoms. The maximum absolute atomic E-state index is 11.9. The topological polar surface area (TPSA) is 111 Å². The largest absolute Gasteiger partial charge is 0.507 e. The van der Waals surface area contributed by atoms with Crippen LogP contribution in [0.25, 0.3) is 11.3 Å². The zero-order chi connectivity index (χ0) is 22.0. The van der Waals surface area contributed by atoms with Crippen LogP contribution in [0.15, 0.2) is 48.5 Å². The van der Waals surface area contributed by atoms with Crippen LogP contribution in [0, 0.1) is 6.92 Å². The monoisotopic (exact) mass is 420 g/mol.